The molecule has 1 saturated heterocycles. The van der Waals surface area contributed by atoms with Gasteiger partial charge in [0.1, 0.15) is 0 Å². The molecule has 21 heavy (non-hydrogen) atoms. The molecule has 1 aliphatic heterocycles. The maximum absolute atomic E-state index is 12.2. The number of nitrogens with one attached hydrogen (secondary N) is 2. The number of hydrogen-bond donors (Lipinski definition) is 2. The predicted molar refractivity (Wildman–Crippen MR) is 87.5 cm³/mol. The molecule has 0 aromatic heterocycles. The van der Waals surface area contributed by atoms with Gasteiger partial charge in [-0.25, -0.2) is 0 Å². The summed E-state index contributed by atoms with van der Waals surface area (Å²) in [4.78, 5) is 14.4. The lowest BCUT2D eigenvalue weighted by molar-refractivity contribution is -0.117. The van der Waals surface area contributed by atoms with Crippen molar-refractivity contribution in [1.29, 1.82) is 0 Å². The first-order chi connectivity index (χ1) is 10.2. The quantitative estimate of drug-likeness (QED) is 0.844. The first-order valence-electron chi connectivity index (χ1n) is 7.97. The molecule has 0 bridgehead atoms. The Morgan fingerprint density at radius 2 is 2.24 bits per heavy atom. The number of hydrogen-bond acceptors (Lipinski definition) is 3. The second-order valence-electron chi connectivity index (χ2n) is 5.90. The summed E-state index contributed by atoms with van der Waals surface area (Å²) in [6.07, 6.45) is 2.51. The molecule has 1 aliphatic rings. The smallest absolute Gasteiger partial charge is 0.238 e. The van der Waals surface area contributed by atoms with Gasteiger partial charge in [0.25, 0.3) is 0 Å². The van der Waals surface area contributed by atoms with Crippen LogP contribution in [0.2, 0.25) is 0 Å². The van der Waals surface area contributed by atoms with Crippen molar-refractivity contribution >= 4 is 11.6 Å². The molecule has 1 aromatic rings. The molecule has 1 amide bonds. The number of benzene rings is 1. The van der Waals surface area contributed by atoms with Crippen LogP contribution in [-0.2, 0) is 4.79 Å². The molecule has 4 nitrogen and oxygen atoms in total. The van der Waals surface area contributed by atoms with Gasteiger partial charge < -0.3 is 10.6 Å². The Hall–Kier alpha value is -1.39. The molecule has 1 fully saturated rings. The molecule has 2 rings (SSSR count). The van der Waals surface area contributed by atoms with Crippen molar-refractivity contribution in [1.82, 2.24) is 10.2 Å². The predicted octanol–water partition coefficient (Wildman–Crippen LogP) is 2.26. The Morgan fingerprint density at radius 3 is 2.90 bits per heavy atom. The van der Waals surface area contributed by atoms with Gasteiger partial charge >= 0.3 is 0 Å². The van der Waals surface area contributed by atoms with Gasteiger partial charge in [0.2, 0.25) is 5.91 Å². The molecule has 2 N–H and O–H groups in total. The van der Waals surface area contributed by atoms with Crippen molar-refractivity contribution in [2.75, 3.05) is 38.0 Å². The molecular formula is C17H27N3O. The van der Waals surface area contributed by atoms with Crippen LogP contribution in [0.5, 0.6) is 0 Å². The third-order valence-electron chi connectivity index (χ3n) is 4.15. The normalized spacial score (nSPS) is 18.7. The van der Waals surface area contributed by atoms with Crippen LogP contribution >= 0.6 is 0 Å². The highest BCUT2D eigenvalue weighted by Crippen LogP contribution is 2.14. The van der Waals surface area contributed by atoms with Gasteiger partial charge in [0.05, 0.1) is 6.54 Å². The fourth-order valence-corrected chi connectivity index (χ4v) is 2.86. The van der Waals surface area contributed by atoms with Crippen LogP contribution in [-0.4, -0.2) is 43.5 Å². The number of carbonyl (C=O) groups excluding carboxylic acids is 1. The van der Waals surface area contributed by atoms with E-state index in [1.165, 1.54) is 12.8 Å². The minimum atomic E-state index is 0.0786. The number of amides is 1. The zero-order valence-corrected chi connectivity index (χ0v) is 13.2. The maximum Gasteiger partial charge on any atom is 0.238 e. The molecule has 0 radical (unpaired) electrons. The van der Waals surface area contributed by atoms with Gasteiger partial charge in [-0.1, -0.05) is 25.1 Å². The standard InChI is InChI=1S/C17H27N3O/c1-3-20(12-15-8-6-10-18-11-15)13-17(21)19-16-9-5-4-7-14(16)2/h4-5,7,9,15,18H,3,6,8,10-13H2,1-2H3,(H,19,21). The number of para-hydroxylation sites is 1. The van der Waals surface area contributed by atoms with E-state index in [4.69, 9.17) is 0 Å². The molecule has 1 heterocycles. The van der Waals surface area contributed by atoms with Crippen LogP contribution in [0.4, 0.5) is 5.69 Å². The van der Waals surface area contributed by atoms with Gasteiger partial charge in [-0.3, -0.25) is 9.69 Å². The van der Waals surface area contributed by atoms with E-state index in [-0.39, 0.29) is 5.91 Å². The molecule has 1 atom stereocenters. The lowest BCUT2D eigenvalue weighted by Crippen LogP contribution is -2.41. The molecule has 116 valence electrons. The largest absolute Gasteiger partial charge is 0.325 e. The topological polar surface area (TPSA) is 44.4 Å². The van der Waals surface area contributed by atoms with Crippen molar-refractivity contribution in [3.63, 3.8) is 0 Å². The van der Waals surface area contributed by atoms with Gasteiger partial charge in [-0.05, 0) is 56.9 Å². The minimum Gasteiger partial charge on any atom is -0.325 e. The van der Waals surface area contributed by atoms with Crippen molar-refractivity contribution in [2.45, 2.75) is 26.7 Å². The first kappa shape index (κ1) is 16.0. The van der Waals surface area contributed by atoms with Gasteiger partial charge in [-0.2, -0.15) is 0 Å². The molecule has 0 saturated carbocycles. The van der Waals surface area contributed by atoms with Crippen LogP contribution in [0.25, 0.3) is 0 Å². The van der Waals surface area contributed by atoms with Crippen LogP contribution in [0.3, 0.4) is 0 Å². The Balaban J connectivity index is 1.83. The van der Waals surface area contributed by atoms with Crippen molar-refractivity contribution in [3.05, 3.63) is 29.8 Å². The lowest BCUT2D eigenvalue weighted by Gasteiger charge is -2.29. The summed E-state index contributed by atoms with van der Waals surface area (Å²) in [5, 5.41) is 6.45. The Kier molecular flexibility index (Phi) is 6.21. The lowest BCUT2D eigenvalue weighted by atomic mass is 9.99. The fraction of sp³-hybridized carbons (Fsp3) is 0.588. The van der Waals surface area contributed by atoms with E-state index >= 15 is 0 Å². The number of carbonyl (C=O) groups is 1. The number of rotatable bonds is 6. The SMILES string of the molecule is CCN(CC(=O)Nc1ccccc1C)CC1CCCNC1. The minimum absolute atomic E-state index is 0.0786. The summed E-state index contributed by atoms with van der Waals surface area (Å²) in [6, 6.07) is 7.91. The number of piperidine rings is 1. The van der Waals surface area contributed by atoms with Gasteiger partial charge in [-0.15, -0.1) is 0 Å². The number of likely N-dealkylation sites (N-methyl/N-ethyl adjacent to an activating group) is 1. The summed E-state index contributed by atoms with van der Waals surface area (Å²) in [5.41, 5.74) is 2.02. The Labute approximate surface area is 127 Å². The van der Waals surface area contributed by atoms with E-state index in [0.717, 1.165) is 37.4 Å². The summed E-state index contributed by atoms with van der Waals surface area (Å²) < 4.78 is 0. The van der Waals surface area contributed by atoms with Gasteiger partial charge in [0, 0.05) is 12.2 Å². The molecule has 4 heteroatoms. The average Bonchev–Trinajstić information content (AvgIpc) is 2.50. The van der Waals surface area contributed by atoms with Crippen LogP contribution in [0.1, 0.15) is 25.3 Å². The first-order valence-corrected chi connectivity index (χ1v) is 7.97. The van der Waals surface area contributed by atoms with E-state index in [1.54, 1.807) is 0 Å². The van der Waals surface area contributed by atoms with E-state index < -0.39 is 0 Å². The van der Waals surface area contributed by atoms with Crippen LogP contribution in [0.15, 0.2) is 24.3 Å². The molecular weight excluding hydrogens is 262 g/mol. The van der Waals surface area contributed by atoms with E-state index in [2.05, 4.69) is 22.5 Å². The highest BCUT2D eigenvalue weighted by atomic mass is 16.2. The molecule has 1 aromatic carbocycles. The van der Waals surface area contributed by atoms with Crippen molar-refractivity contribution in [2.24, 2.45) is 5.92 Å². The number of nitrogens with zero attached hydrogens (tertiary/aromatic N) is 1. The van der Waals surface area contributed by atoms with E-state index in [1.807, 2.05) is 31.2 Å². The number of aryl methyl sites for hydroxylation is 1. The van der Waals surface area contributed by atoms with Crippen molar-refractivity contribution in [3.8, 4) is 0 Å². The molecule has 1 unspecified atom stereocenters. The Morgan fingerprint density at radius 1 is 1.43 bits per heavy atom. The Bertz CT molecular complexity index is 455. The molecule has 0 spiro atoms. The van der Waals surface area contributed by atoms with E-state index in [0.29, 0.717) is 12.5 Å². The third-order valence-corrected chi connectivity index (χ3v) is 4.15. The van der Waals surface area contributed by atoms with Crippen LogP contribution < -0.4 is 10.6 Å². The third kappa shape index (κ3) is 5.14. The van der Waals surface area contributed by atoms with Crippen LogP contribution in [0, 0.1) is 12.8 Å². The van der Waals surface area contributed by atoms with Gasteiger partial charge in [0.15, 0.2) is 0 Å². The second kappa shape index (κ2) is 8.15. The summed E-state index contributed by atoms with van der Waals surface area (Å²) in [5.74, 6) is 0.750. The summed E-state index contributed by atoms with van der Waals surface area (Å²) in [6.45, 7) is 8.74. The number of anilines is 1. The monoisotopic (exact) mass is 289 g/mol. The zero-order valence-electron chi connectivity index (χ0n) is 13.2. The summed E-state index contributed by atoms with van der Waals surface area (Å²) >= 11 is 0. The maximum atomic E-state index is 12.2. The summed E-state index contributed by atoms with van der Waals surface area (Å²) in [7, 11) is 0. The van der Waals surface area contributed by atoms with Crippen molar-refractivity contribution < 1.29 is 4.79 Å². The average molecular weight is 289 g/mol. The molecule has 0 aliphatic carbocycles. The fourth-order valence-electron chi connectivity index (χ4n) is 2.86. The highest BCUT2D eigenvalue weighted by molar-refractivity contribution is 5.92. The zero-order chi connectivity index (χ0) is 15.1. The highest BCUT2D eigenvalue weighted by Gasteiger charge is 2.18. The van der Waals surface area contributed by atoms with E-state index in [9.17, 15) is 4.79 Å². The second-order valence-corrected chi connectivity index (χ2v) is 5.90.